The number of Topliss-reactive ketones (excluding diaryl/α,β-unsaturated/α-hetero) is 1. The lowest BCUT2D eigenvalue weighted by Gasteiger charge is -1.95. The Labute approximate surface area is 109 Å². The van der Waals surface area contributed by atoms with Crippen LogP contribution in [0.5, 0.6) is 0 Å². The Bertz CT molecular complexity index is 516. The third-order valence-corrected chi connectivity index (χ3v) is 4.56. The van der Waals surface area contributed by atoms with Gasteiger partial charge in [0.2, 0.25) is 0 Å². The molecular weight excluding hydrogens is 252 g/mol. The number of aromatic nitrogens is 2. The Balaban J connectivity index is 1.93. The van der Waals surface area contributed by atoms with Crippen LogP contribution >= 0.6 is 23.1 Å². The number of hydrogen-bond acceptors (Lipinski definition) is 4. The first-order chi connectivity index (χ1) is 8.19. The summed E-state index contributed by atoms with van der Waals surface area (Å²) in [4.78, 5) is 15.1. The molecule has 0 radical (unpaired) electrons. The lowest BCUT2D eigenvalue weighted by molar-refractivity contribution is 0.102. The molecule has 0 saturated carbocycles. The molecule has 0 fully saturated rings. The summed E-state index contributed by atoms with van der Waals surface area (Å²) >= 11 is 3.13. The molecule has 0 aromatic carbocycles. The van der Waals surface area contributed by atoms with Gasteiger partial charge in [0.1, 0.15) is 0 Å². The van der Waals surface area contributed by atoms with E-state index in [1.807, 2.05) is 25.4 Å². The van der Waals surface area contributed by atoms with Crippen molar-refractivity contribution >= 4 is 28.9 Å². The molecule has 0 spiro atoms. The summed E-state index contributed by atoms with van der Waals surface area (Å²) in [5.74, 6) is 0.679. The van der Waals surface area contributed by atoms with Gasteiger partial charge in [0.15, 0.2) is 5.78 Å². The highest BCUT2D eigenvalue weighted by Crippen LogP contribution is 2.22. The van der Waals surface area contributed by atoms with Crippen LogP contribution in [0.15, 0.2) is 29.4 Å². The van der Waals surface area contributed by atoms with E-state index in [-0.39, 0.29) is 5.78 Å². The number of hydrogen-bond donors (Lipinski definition) is 0. The van der Waals surface area contributed by atoms with Gasteiger partial charge in [-0.2, -0.15) is 5.10 Å². The van der Waals surface area contributed by atoms with E-state index in [1.54, 1.807) is 22.2 Å². The van der Waals surface area contributed by atoms with E-state index in [4.69, 9.17) is 0 Å². The zero-order chi connectivity index (χ0) is 12.3. The van der Waals surface area contributed by atoms with E-state index in [1.165, 1.54) is 16.6 Å². The zero-order valence-corrected chi connectivity index (χ0v) is 11.5. The number of nitrogens with zero attached hydrogens (tertiary/aromatic N) is 2. The SMILES string of the molecule is CCc1ccc(C(=O)CSc2cnn(C)c2)s1. The molecule has 0 unspecified atom stereocenters. The summed E-state index contributed by atoms with van der Waals surface area (Å²) in [7, 11) is 1.87. The summed E-state index contributed by atoms with van der Waals surface area (Å²) in [5.41, 5.74) is 0. The number of thiophene rings is 1. The molecule has 0 N–H and O–H groups in total. The minimum atomic E-state index is 0.198. The number of ketones is 1. The van der Waals surface area contributed by atoms with Crippen molar-refractivity contribution in [2.24, 2.45) is 7.05 Å². The molecule has 2 heterocycles. The topological polar surface area (TPSA) is 34.9 Å². The van der Waals surface area contributed by atoms with Gasteiger partial charge in [-0.3, -0.25) is 9.48 Å². The first kappa shape index (κ1) is 12.4. The highest BCUT2D eigenvalue weighted by Gasteiger charge is 2.09. The van der Waals surface area contributed by atoms with Crippen molar-refractivity contribution in [3.05, 3.63) is 34.3 Å². The molecule has 0 saturated heterocycles. The Hall–Kier alpha value is -1.07. The Morgan fingerprint density at radius 3 is 2.94 bits per heavy atom. The maximum Gasteiger partial charge on any atom is 0.182 e. The van der Waals surface area contributed by atoms with Crippen LogP contribution in [-0.4, -0.2) is 21.3 Å². The molecule has 0 aliphatic heterocycles. The van der Waals surface area contributed by atoms with E-state index in [0.717, 1.165) is 16.2 Å². The van der Waals surface area contributed by atoms with E-state index in [2.05, 4.69) is 12.0 Å². The minimum absolute atomic E-state index is 0.198. The van der Waals surface area contributed by atoms with Gasteiger partial charge in [-0.25, -0.2) is 0 Å². The molecular formula is C12H14N2OS2. The van der Waals surface area contributed by atoms with Crippen LogP contribution in [0.1, 0.15) is 21.5 Å². The van der Waals surface area contributed by atoms with E-state index in [0.29, 0.717) is 5.75 Å². The van der Waals surface area contributed by atoms with E-state index < -0.39 is 0 Å². The minimum Gasteiger partial charge on any atom is -0.292 e. The third-order valence-electron chi connectivity index (χ3n) is 2.34. The number of aryl methyl sites for hydroxylation is 2. The summed E-state index contributed by atoms with van der Waals surface area (Å²) in [6.45, 7) is 2.10. The molecule has 90 valence electrons. The number of carbonyl (C=O) groups is 1. The largest absolute Gasteiger partial charge is 0.292 e. The Kier molecular flexibility index (Phi) is 4.02. The average Bonchev–Trinajstić information content (AvgIpc) is 2.94. The molecule has 0 aliphatic rings. The number of thioether (sulfide) groups is 1. The normalized spacial score (nSPS) is 10.7. The fraction of sp³-hybridized carbons (Fsp3) is 0.333. The van der Waals surface area contributed by atoms with Crippen molar-refractivity contribution in [1.82, 2.24) is 9.78 Å². The summed E-state index contributed by atoms with van der Waals surface area (Å²) in [5, 5.41) is 4.07. The third kappa shape index (κ3) is 3.20. The quantitative estimate of drug-likeness (QED) is 0.616. The molecule has 2 aromatic rings. The molecule has 2 rings (SSSR count). The molecule has 0 atom stereocenters. The van der Waals surface area contributed by atoms with Crippen LogP contribution in [0.3, 0.4) is 0 Å². The van der Waals surface area contributed by atoms with Crippen molar-refractivity contribution in [1.29, 1.82) is 0 Å². The van der Waals surface area contributed by atoms with Gasteiger partial charge >= 0.3 is 0 Å². The molecule has 5 heteroatoms. The maximum absolute atomic E-state index is 11.9. The summed E-state index contributed by atoms with van der Waals surface area (Å²) < 4.78 is 1.74. The fourth-order valence-electron chi connectivity index (χ4n) is 1.41. The highest BCUT2D eigenvalue weighted by molar-refractivity contribution is 8.00. The van der Waals surface area contributed by atoms with Gasteiger partial charge in [-0.15, -0.1) is 23.1 Å². The zero-order valence-electron chi connectivity index (χ0n) is 9.84. The van der Waals surface area contributed by atoms with Gasteiger partial charge < -0.3 is 0 Å². The monoisotopic (exact) mass is 266 g/mol. The highest BCUT2D eigenvalue weighted by atomic mass is 32.2. The van der Waals surface area contributed by atoms with E-state index in [9.17, 15) is 4.79 Å². The fourth-order valence-corrected chi connectivity index (χ4v) is 3.19. The van der Waals surface area contributed by atoms with Crippen molar-refractivity contribution in [2.75, 3.05) is 5.75 Å². The standard InChI is InChI=1S/C12H14N2OS2/c1-3-9-4-5-12(17-9)11(15)8-16-10-6-13-14(2)7-10/h4-7H,3,8H2,1-2H3. The molecule has 0 aliphatic carbocycles. The predicted octanol–water partition coefficient (Wildman–Crippen LogP) is 3.02. The van der Waals surface area contributed by atoms with Crippen LogP contribution in [0.25, 0.3) is 0 Å². The van der Waals surface area contributed by atoms with Crippen LogP contribution in [0.2, 0.25) is 0 Å². The van der Waals surface area contributed by atoms with Crippen molar-refractivity contribution in [3.8, 4) is 0 Å². The van der Waals surface area contributed by atoms with Gasteiger partial charge in [-0.05, 0) is 18.6 Å². The lowest BCUT2D eigenvalue weighted by atomic mass is 10.3. The van der Waals surface area contributed by atoms with Gasteiger partial charge in [0.25, 0.3) is 0 Å². The lowest BCUT2D eigenvalue weighted by Crippen LogP contribution is -1.98. The van der Waals surface area contributed by atoms with Crippen molar-refractivity contribution in [2.45, 2.75) is 18.2 Å². The molecule has 17 heavy (non-hydrogen) atoms. The second-order valence-corrected chi connectivity index (χ2v) is 5.90. The summed E-state index contributed by atoms with van der Waals surface area (Å²) in [6.07, 6.45) is 4.70. The van der Waals surface area contributed by atoms with E-state index >= 15 is 0 Å². The Morgan fingerprint density at radius 1 is 1.53 bits per heavy atom. The second-order valence-electron chi connectivity index (χ2n) is 3.68. The second kappa shape index (κ2) is 5.51. The van der Waals surface area contributed by atoms with Crippen LogP contribution in [0.4, 0.5) is 0 Å². The van der Waals surface area contributed by atoms with Crippen LogP contribution < -0.4 is 0 Å². The van der Waals surface area contributed by atoms with Crippen molar-refractivity contribution in [3.63, 3.8) is 0 Å². The average molecular weight is 266 g/mol. The molecule has 3 nitrogen and oxygen atoms in total. The number of carbonyl (C=O) groups excluding carboxylic acids is 1. The molecule has 0 amide bonds. The first-order valence-corrected chi connectivity index (χ1v) is 7.22. The maximum atomic E-state index is 11.9. The molecule has 2 aromatic heterocycles. The first-order valence-electron chi connectivity index (χ1n) is 5.42. The summed E-state index contributed by atoms with van der Waals surface area (Å²) in [6, 6.07) is 3.96. The van der Waals surface area contributed by atoms with Crippen LogP contribution in [-0.2, 0) is 13.5 Å². The van der Waals surface area contributed by atoms with Crippen LogP contribution in [0, 0.1) is 0 Å². The predicted molar refractivity (Wildman–Crippen MR) is 72.0 cm³/mol. The van der Waals surface area contributed by atoms with Crippen molar-refractivity contribution < 1.29 is 4.79 Å². The van der Waals surface area contributed by atoms with Gasteiger partial charge in [-0.1, -0.05) is 6.92 Å². The Morgan fingerprint density at radius 2 is 2.35 bits per heavy atom. The smallest absolute Gasteiger partial charge is 0.182 e. The molecule has 0 bridgehead atoms. The van der Waals surface area contributed by atoms with Gasteiger partial charge in [0, 0.05) is 23.0 Å². The number of rotatable bonds is 5. The van der Waals surface area contributed by atoms with Gasteiger partial charge in [0.05, 0.1) is 16.8 Å².